The second-order valence-electron chi connectivity index (χ2n) is 2.72. The SMILES string of the molecule is C1=CC(=CC2CC2)C=C1. The van der Waals surface area contributed by atoms with Gasteiger partial charge in [-0.05, 0) is 24.3 Å². The number of rotatable bonds is 1. The van der Waals surface area contributed by atoms with Crippen LogP contribution in [0.3, 0.4) is 0 Å². The van der Waals surface area contributed by atoms with E-state index in [9.17, 15) is 0 Å². The monoisotopic (exact) mass is 118 g/mol. The van der Waals surface area contributed by atoms with Gasteiger partial charge in [-0.1, -0.05) is 30.4 Å². The van der Waals surface area contributed by atoms with E-state index in [1.807, 2.05) is 0 Å². The van der Waals surface area contributed by atoms with Crippen molar-refractivity contribution in [1.82, 2.24) is 0 Å². The van der Waals surface area contributed by atoms with Crippen molar-refractivity contribution in [3.8, 4) is 0 Å². The third kappa shape index (κ3) is 1.13. The van der Waals surface area contributed by atoms with Crippen molar-refractivity contribution in [2.75, 3.05) is 0 Å². The summed E-state index contributed by atoms with van der Waals surface area (Å²) < 4.78 is 0. The fourth-order valence-electron chi connectivity index (χ4n) is 1.04. The van der Waals surface area contributed by atoms with Crippen LogP contribution in [-0.2, 0) is 0 Å². The zero-order valence-electron chi connectivity index (χ0n) is 5.38. The lowest BCUT2D eigenvalue weighted by atomic mass is 10.2. The molecule has 2 aliphatic carbocycles. The maximum atomic E-state index is 2.36. The fourth-order valence-corrected chi connectivity index (χ4v) is 1.04. The van der Waals surface area contributed by atoms with Gasteiger partial charge >= 0.3 is 0 Å². The lowest BCUT2D eigenvalue weighted by Gasteiger charge is -1.84. The third-order valence-corrected chi connectivity index (χ3v) is 1.74. The number of hydrogen-bond acceptors (Lipinski definition) is 0. The Bertz CT molecular complexity index is 176. The lowest BCUT2D eigenvalue weighted by Crippen LogP contribution is -1.68. The topological polar surface area (TPSA) is 0 Å². The molecule has 0 saturated heterocycles. The Kier molecular flexibility index (Phi) is 1.05. The average molecular weight is 118 g/mol. The van der Waals surface area contributed by atoms with Crippen LogP contribution in [0.4, 0.5) is 0 Å². The van der Waals surface area contributed by atoms with Crippen LogP contribution in [-0.4, -0.2) is 0 Å². The van der Waals surface area contributed by atoms with Crippen LogP contribution in [0.1, 0.15) is 12.8 Å². The second kappa shape index (κ2) is 1.87. The first-order chi connectivity index (χ1) is 4.45. The summed E-state index contributed by atoms with van der Waals surface area (Å²) >= 11 is 0. The first kappa shape index (κ1) is 5.04. The molecule has 0 heterocycles. The van der Waals surface area contributed by atoms with Gasteiger partial charge in [0.05, 0.1) is 0 Å². The van der Waals surface area contributed by atoms with Crippen molar-refractivity contribution in [2.45, 2.75) is 12.8 Å². The lowest BCUT2D eigenvalue weighted by molar-refractivity contribution is 1.11. The molecule has 0 unspecified atom stereocenters. The molecule has 2 rings (SSSR count). The molecule has 0 aromatic heterocycles. The van der Waals surface area contributed by atoms with E-state index in [0.29, 0.717) is 0 Å². The molecule has 1 fully saturated rings. The van der Waals surface area contributed by atoms with Crippen molar-refractivity contribution in [3.63, 3.8) is 0 Å². The molecular weight excluding hydrogens is 108 g/mol. The van der Waals surface area contributed by atoms with E-state index >= 15 is 0 Å². The Labute approximate surface area is 55.6 Å². The zero-order chi connectivity index (χ0) is 6.10. The summed E-state index contributed by atoms with van der Waals surface area (Å²) in [5.41, 5.74) is 1.40. The molecule has 9 heavy (non-hydrogen) atoms. The summed E-state index contributed by atoms with van der Waals surface area (Å²) in [7, 11) is 0. The highest BCUT2D eigenvalue weighted by atomic mass is 14.2. The van der Waals surface area contributed by atoms with E-state index < -0.39 is 0 Å². The summed E-state index contributed by atoms with van der Waals surface area (Å²) in [5.74, 6) is 0.910. The van der Waals surface area contributed by atoms with E-state index in [2.05, 4.69) is 30.4 Å². The van der Waals surface area contributed by atoms with Gasteiger partial charge in [0.1, 0.15) is 0 Å². The van der Waals surface area contributed by atoms with Gasteiger partial charge in [-0.15, -0.1) is 0 Å². The van der Waals surface area contributed by atoms with Gasteiger partial charge in [0.25, 0.3) is 0 Å². The van der Waals surface area contributed by atoms with Gasteiger partial charge in [-0.25, -0.2) is 0 Å². The molecular formula is C9H10. The van der Waals surface area contributed by atoms with Crippen molar-refractivity contribution >= 4 is 0 Å². The van der Waals surface area contributed by atoms with Gasteiger partial charge in [0, 0.05) is 0 Å². The van der Waals surface area contributed by atoms with Gasteiger partial charge in [-0.2, -0.15) is 0 Å². The Hall–Kier alpha value is -0.780. The molecule has 0 spiro atoms. The molecule has 1 saturated carbocycles. The molecule has 0 N–H and O–H groups in total. The van der Waals surface area contributed by atoms with Crippen molar-refractivity contribution in [2.24, 2.45) is 5.92 Å². The van der Waals surface area contributed by atoms with Crippen LogP contribution < -0.4 is 0 Å². The third-order valence-electron chi connectivity index (χ3n) is 1.74. The van der Waals surface area contributed by atoms with E-state index in [1.54, 1.807) is 0 Å². The van der Waals surface area contributed by atoms with E-state index in [1.165, 1.54) is 18.4 Å². The highest BCUT2D eigenvalue weighted by molar-refractivity contribution is 5.40. The molecule has 2 aliphatic rings. The van der Waals surface area contributed by atoms with E-state index in [0.717, 1.165) is 5.92 Å². The van der Waals surface area contributed by atoms with Gasteiger partial charge in [0.15, 0.2) is 0 Å². The normalized spacial score (nSPS) is 23.3. The average Bonchev–Trinajstić information content (AvgIpc) is 2.46. The molecule has 0 aromatic rings. The minimum absolute atomic E-state index is 0.910. The molecule has 0 amide bonds. The maximum absolute atomic E-state index is 2.36. The molecule has 0 atom stereocenters. The Balaban J connectivity index is 2.10. The van der Waals surface area contributed by atoms with Gasteiger partial charge < -0.3 is 0 Å². The fraction of sp³-hybridized carbons (Fsp3) is 0.333. The minimum atomic E-state index is 0.910. The molecule has 0 nitrogen and oxygen atoms in total. The smallest absolute Gasteiger partial charge is 0.0224 e. The Morgan fingerprint density at radius 2 is 1.89 bits per heavy atom. The molecule has 46 valence electrons. The van der Waals surface area contributed by atoms with Crippen LogP contribution in [0.5, 0.6) is 0 Å². The molecule has 0 radical (unpaired) electrons. The summed E-state index contributed by atoms with van der Waals surface area (Å²) in [6.45, 7) is 0. The summed E-state index contributed by atoms with van der Waals surface area (Å²) in [4.78, 5) is 0. The highest BCUT2D eigenvalue weighted by Crippen LogP contribution is 2.32. The quantitative estimate of drug-likeness (QED) is 0.496. The van der Waals surface area contributed by atoms with Crippen molar-refractivity contribution < 1.29 is 0 Å². The standard InChI is InChI=1S/C9H10/c1-2-4-8(3-1)7-9-5-6-9/h1-4,7,9H,5-6H2. The van der Waals surface area contributed by atoms with Crippen LogP contribution >= 0.6 is 0 Å². The number of allylic oxidation sites excluding steroid dienone is 6. The Morgan fingerprint density at radius 3 is 2.44 bits per heavy atom. The highest BCUT2D eigenvalue weighted by Gasteiger charge is 2.18. The number of hydrogen-bond donors (Lipinski definition) is 0. The predicted octanol–water partition coefficient (Wildman–Crippen LogP) is 2.45. The second-order valence-corrected chi connectivity index (χ2v) is 2.72. The largest absolute Gasteiger partial charge is 0.0741 e. The Morgan fingerprint density at radius 1 is 1.22 bits per heavy atom. The summed E-state index contributed by atoms with van der Waals surface area (Å²) in [5, 5.41) is 0. The van der Waals surface area contributed by atoms with Crippen LogP contribution in [0.15, 0.2) is 36.0 Å². The molecule has 0 aromatic carbocycles. The maximum Gasteiger partial charge on any atom is -0.0224 e. The van der Waals surface area contributed by atoms with Crippen molar-refractivity contribution in [1.29, 1.82) is 0 Å². The summed E-state index contributed by atoms with van der Waals surface area (Å²) in [6.07, 6.45) is 13.7. The predicted molar refractivity (Wildman–Crippen MR) is 39.1 cm³/mol. The van der Waals surface area contributed by atoms with Crippen LogP contribution in [0, 0.1) is 5.92 Å². The molecule has 0 bridgehead atoms. The zero-order valence-corrected chi connectivity index (χ0v) is 5.38. The van der Waals surface area contributed by atoms with E-state index in [-0.39, 0.29) is 0 Å². The first-order valence-electron chi connectivity index (χ1n) is 3.52. The van der Waals surface area contributed by atoms with E-state index in [4.69, 9.17) is 0 Å². The molecule has 0 heteroatoms. The minimum Gasteiger partial charge on any atom is -0.0741 e. The molecule has 0 aliphatic heterocycles. The van der Waals surface area contributed by atoms with Crippen LogP contribution in [0.2, 0.25) is 0 Å². The van der Waals surface area contributed by atoms with Crippen LogP contribution in [0.25, 0.3) is 0 Å². The summed E-state index contributed by atoms with van der Waals surface area (Å²) in [6, 6.07) is 0. The van der Waals surface area contributed by atoms with Gasteiger partial charge in [-0.3, -0.25) is 0 Å². The first-order valence-corrected chi connectivity index (χ1v) is 3.52. The van der Waals surface area contributed by atoms with Crippen molar-refractivity contribution in [3.05, 3.63) is 36.0 Å². The van der Waals surface area contributed by atoms with Gasteiger partial charge in [0.2, 0.25) is 0 Å².